The van der Waals surface area contributed by atoms with E-state index in [4.69, 9.17) is 5.26 Å². The molecule has 0 bridgehead atoms. The second kappa shape index (κ2) is 7.48. The predicted octanol–water partition coefficient (Wildman–Crippen LogP) is 3.14. The van der Waals surface area contributed by atoms with Gasteiger partial charge in [-0.15, -0.1) is 0 Å². The normalized spacial score (nSPS) is 14.1. The van der Waals surface area contributed by atoms with Crippen molar-refractivity contribution >= 4 is 18.1 Å². The van der Waals surface area contributed by atoms with Crippen LogP contribution in [0.5, 0.6) is 0 Å². The van der Waals surface area contributed by atoms with Gasteiger partial charge in [0.15, 0.2) is 5.82 Å². The molecule has 1 fully saturated rings. The van der Waals surface area contributed by atoms with Gasteiger partial charge in [-0.05, 0) is 18.7 Å². The number of nitriles is 1. The lowest BCUT2D eigenvalue weighted by atomic mass is 9.45. The number of benzene rings is 1. The first kappa shape index (κ1) is 16.0. The van der Waals surface area contributed by atoms with Gasteiger partial charge in [0.05, 0.1) is 16.7 Å². The molecule has 0 atom stereocenters. The Labute approximate surface area is 118 Å². The van der Waals surface area contributed by atoms with E-state index in [2.05, 4.69) is 5.97 Å². The summed E-state index contributed by atoms with van der Waals surface area (Å²) in [6.45, 7) is 5.24. The number of anilines is 1. The van der Waals surface area contributed by atoms with Gasteiger partial charge in [-0.25, -0.2) is 9.65 Å². The summed E-state index contributed by atoms with van der Waals surface area (Å²) in [5.41, 5.74) is 0.125. The van der Waals surface area contributed by atoms with E-state index in [-0.39, 0.29) is 12.4 Å². The summed E-state index contributed by atoms with van der Waals surface area (Å²) in [6, 6.07) is 3.67. The molecule has 0 N–H and O–H groups in total. The first-order chi connectivity index (χ1) is 9.61. The summed E-state index contributed by atoms with van der Waals surface area (Å²) in [7, 11) is 0. The van der Waals surface area contributed by atoms with Gasteiger partial charge in [0.2, 0.25) is 0 Å². The topological polar surface area (TPSA) is 70.2 Å². The minimum atomic E-state index is -0.616. The minimum Gasteiger partial charge on any atom is -0.370 e. The molecular formula is C13H17BFN3O2. The van der Waals surface area contributed by atoms with Crippen molar-refractivity contribution in [2.75, 3.05) is 18.0 Å². The maximum absolute atomic E-state index is 13.8. The molecule has 1 aliphatic rings. The molecule has 0 saturated carbocycles. The lowest BCUT2D eigenvalue weighted by Gasteiger charge is -2.30. The monoisotopic (exact) mass is 277 g/mol. The lowest BCUT2D eigenvalue weighted by Crippen LogP contribution is -2.36. The number of rotatable bonds is 2. The molecule has 20 heavy (non-hydrogen) atoms. The Morgan fingerprint density at radius 3 is 2.45 bits per heavy atom. The molecule has 0 unspecified atom stereocenters. The second-order valence-corrected chi connectivity index (χ2v) is 4.28. The van der Waals surface area contributed by atoms with E-state index in [0.29, 0.717) is 31.4 Å². The van der Waals surface area contributed by atoms with Gasteiger partial charge >= 0.3 is 0 Å². The molecule has 0 radical (unpaired) electrons. The van der Waals surface area contributed by atoms with E-state index in [9.17, 15) is 14.5 Å². The van der Waals surface area contributed by atoms with Crippen molar-refractivity contribution in [3.8, 4) is 5.97 Å². The Balaban J connectivity index is 0.000000956. The number of nitrogens with zero attached hydrogens (tertiary/aromatic N) is 3. The molecule has 1 saturated heterocycles. The number of nitro benzene ring substituents is 1. The highest BCUT2D eigenvalue weighted by molar-refractivity contribution is 6.67. The standard InChI is InChI=1S/C11H11BFN3O2.C2H6/c13-10-7-9(16(17)18)1-2-11(10)15-5-3-12(8-14)4-6-15;1-2/h1-2,7H,3-6H2;1-2H3. The Hall–Kier alpha value is -2.10. The van der Waals surface area contributed by atoms with Crippen LogP contribution in [0.1, 0.15) is 13.8 Å². The van der Waals surface area contributed by atoms with E-state index in [1.807, 2.05) is 18.7 Å². The van der Waals surface area contributed by atoms with Crippen LogP contribution in [0.2, 0.25) is 12.6 Å². The van der Waals surface area contributed by atoms with E-state index < -0.39 is 10.7 Å². The Kier molecular flexibility index (Phi) is 5.97. The van der Waals surface area contributed by atoms with Gasteiger partial charge in [-0.3, -0.25) is 10.1 Å². The molecule has 1 heterocycles. The molecule has 0 amide bonds. The third-order valence-corrected chi connectivity index (χ3v) is 3.16. The van der Waals surface area contributed by atoms with E-state index in [1.54, 1.807) is 0 Å². The first-order valence-electron chi connectivity index (χ1n) is 6.70. The molecule has 0 spiro atoms. The Bertz CT molecular complexity index is 511. The largest absolute Gasteiger partial charge is 0.370 e. The third-order valence-electron chi connectivity index (χ3n) is 3.16. The van der Waals surface area contributed by atoms with Crippen LogP contribution in [-0.4, -0.2) is 24.7 Å². The first-order valence-corrected chi connectivity index (χ1v) is 6.70. The van der Waals surface area contributed by atoms with E-state index in [1.165, 1.54) is 12.1 Å². The Morgan fingerprint density at radius 1 is 1.40 bits per heavy atom. The molecule has 1 aromatic carbocycles. The van der Waals surface area contributed by atoms with Gasteiger partial charge in [0.1, 0.15) is 0 Å². The van der Waals surface area contributed by atoms with Gasteiger partial charge in [-0.1, -0.05) is 13.8 Å². The van der Waals surface area contributed by atoms with Crippen molar-refractivity contribution in [3.63, 3.8) is 0 Å². The number of halogens is 1. The Morgan fingerprint density at radius 2 is 2.00 bits per heavy atom. The molecule has 7 heteroatoms. The summed E-state index contributed by atoms with van der Waals surface area (Å²) in [4.78, 5) is 11.7. The van der Waals surface area contributed by atoms with Gasteiger partial charge in [0.25, 0.3) is 12.4 Å². The fraction of sp³-hybridized carbons (Fsp3) is 0.462. The summed E-state index contributed by atoms with van der Waals surface area (Å²) < 4.78 is 13.8. The zero-order chi connectivity index (χ0) is 15.1. The van der Waals surface area contributed by atoms with Gasteiger partial charge in [0, 0.05) is 25.1 Å². The summed E-state index contributed by atoms with van der Waals surface area (Å²) in [6.07, 6.45) is 1.40. The van der Waals surface area contributed by atoms with E-state index >= 15 is 0 Å². The summed E-state index contributed by atoms with van der Waals surface area (Å²) in [5, 5.41) is 19.3. The molecular weight excluding hydrogens is 260 g/mol. The van der Waals surface area contributed by atoms with Crippen molar-refractivity contribution in [2.24, 2.45) is 0 Å². The quantitative estimate of drug-likeness (QED) is 0.473. The summed E-state index contributed by atoms with van der Waals surface area (Å²) in [5.74, 6) is 1.62. The maximum atomic E-state index is 13.8. The molecule has 0 aliphatic carbocycles. The van der Waals surface area contributed by atoms with Crippen LogP contribution in [0.4, 0.5) is 15.8 Å². The fourth-order valence-corrected chi connectivity index (χ4v) is 2.12. The van der Waals surface area contributed by atoms with Crippen molar-refractivity contribution in [1.82, 2.24) is 0 Å². The number of hydrogen-bond acceptors (Lipinski definition) is 4. The van der Waals surface area contributed by atoms with Crippen molar-refractivity contribution < 1.29 is 9.31 Å². The van der Waals surface area contributed by atoms with Crippen LogP contribution in [0.15, 0.2) is 18.2 Å². The second-order valence-electron chi connectivity index (χ2n) is 4.28. The van der Waals surface area contributed by atoms with Crippen molar-refractivity contribution in [2.45, 2.75) is 26.5 Å². The summed E-state index contributed by atoms with van der Waals surface area (Å²) >= 11 is 0. The molecule has 0 aromatic heterocycles. The van der Waals surface area contributed by atoms with Gasteiger partial charge < -0.3 is 4.90 Å². The van der Waals surface area contributed by atoms with Crippen LogP contribution >= 0.6 is 0 Å². The average Bonchev–Trinajstić information content (AvgIpc) is 2.49. The van der Waals surface area contributed by atoms with Gasteiger partial charge in [-0.2, -0.15) is 0 Å². The van der Waals surface area contributed by atoms with Crippen molar-refractivity contribution in [3.05, 3.63) is 34.1 Å². The molecule has 1 aliphatic heterocycles. The average molecular weight is 277 g/mol. The number of hydrogen-bond donors (Lipinski definition) is 0. The van der Waals surface area contributed by atoms with Crippen molar-refractivity contribution in [1.29, 1.82) is 5.26 Å². The fourth-order valence-electron chi connectivity index (χ4n) is 2.12. The third kappa shape index (κ3) is 3.70. The van der Waals surface area contributed by atoms with Crippen LogP contribution < -0.4 is 4.90 Å². The highest BCUT2D eigenvalue weighted by Crippen LogP contribution is 2.26. The van der Waals surface area contributed by atoms with Crippen LogP contribution in [-0.2, 0) is 0 Å². The number of non-ortho nitro benzene ring substituents is 1. The van der Waals surface area contributed by atoms with E-state index in [0.717, 1.165) is 6.07 Å². The molecule has 5 nitrogen and oxygen atoms in total. The van der Waals surface area contributed by atoms with Crippen LogP contribution in [0, 0.1) is 27.2 Å². The van der Waals surface area contributed by atoms with Crippen LogP contribution in [0.3, 0.4) is 0 Å². The smallest absolute Gasteiger partial charge is 0.272 e. The zero-order valence-electron chi connectivity index (χ0n) is 11.7. The minimum absolute atomic E-state index is 0.0300. The molecule has 2 rings (SSSR count). The molecule has 106 valence electrons. The lowest BCUT2D eigenvalue weighted by molar-refractivity contribution is -0.385. The highest BCUT2D eigenvalue weighted by Gasteiger charge is 2.24. The molecule has 1 aromatic rings. The van der Waals surface area contributed by atoms with Crippen LogP contribution in [0.25, 0.3) is 0 Å². The maximum Gasteiger partial charge on any atom is 0.272 e. The SMILES string of the molecule is CC.N#CB1CCN(c2ccc([N+](=O)[O-])cc2F)CC1. The predicted molar refractivity (Wildman–Crippen MR) is 77.6 cm³/mol. The zero-order valence-corrected chi connectivity index (χ0v) is 11.7. The number of nitro groups is 1. The highest BCUT2D eigenvalue weighted by atomic mass is 19.1.